The first-order valence-electron chi connectivity index (χ1n) is 8.81. The van der Waals surface area contributed by atoms with E-state index in [9.17, 15) is 14.9 Å². The van der Waals surface area contributed by atoms with Gasteiger partial charge >= 0.3 is 5.69 Å². The summed E-state index contributed by atoms with van der Waals surface area (Å²) >= 11 is 5.91. The van der Waals surface area contributed by atoms with Crippen molar-refractivity contribution in [1.29, 1.82) is 0 Å². The van der Waals surface area contributed by atoms with Gasteiger partial charge < -0.3 is 4.90 Å². The third kappa shape index (κ3) is 4.45. The Bertz CT molecular complexity index is 828. The van der Waals surface area contributed by atoms with Crippen LogP contribution in [0, 0.1) is 17.0 Å². The van der Waals surface area contributed by atoms with Gasteiger partial charge in [0, 0.05) is 37.7 Å². The SMILES string of the molecule is Cc1nn(C(C)C(=O)N2CCN(Cc3ccc(Cl)cc3)CC2)cc1[N+](=O)[O-]. The lowest BCUT2D eigenvalue weighted by atomic mass is 10.2. The van der Waals surface area contributed by atoms with Crippen LogP contribution in [0.2, 0.25) is 5.02 Å². The normalized spacial score (nSPS) is 16.3. The predicted octanol–water partition coefficient (Wildman–Crippen LogP) is 2.66. The molecule has 1 unspecified atom stereocenters. The number of amides is 1. The second-order valence-corrected chi connectivity index (χ2v) is 7.18. The molecule has 1 atom stereocenters. The number of hydrogen-bond donors (Lipinski definition) is 0. The summed E-state index contributed by atoms with van der Waals surface area (Å²) in [5.41, 5.74) is 1.43. The van der Waals surface area contributed by atoms with Crippen LogP contribution < -0.4 is 0 Å². The smallest absolute Gasteiger partial charge is 0.309 e. The molecule has 0 saturated carbocycles. The molecule has 0 N–H and O–H groups in total. The minimum atomic E-state index is -0.569. The first-order chi connectivity index (χ1) is 12.8. The highest BCUT2D eigenvalue weighted by Gasteiger charge is 2.28. The van der Waals surface area contributed by atoms with Crippen molar-refractivity contribution in [3.63, 3.8) is 0 Å². The van der Waals surface area contributed by atoms with Gasteiger partial charge in [-0.3, -0.25) is 24.5 Å². The highest BCUT2D eigenvalue weighted by Crippen LogP contribution is 2.20. The molecule has 1 aromatic heterocycles. The van der Waals surface area contributed by atoms with Crippen molar-refractivity contribution in [3.05, 3.63) is 56.9 Å². The number of halogens is 1. The van der Waals surface area contributed by atoms with Crippen LogP contribution in [0.3, 0.4) is 0 Å². The molecule has 8 nitrogen and oxygen atoms in total. The van der Waals surface area contributed by atoms with E-state index in [1.807, 2.05) is 24.3 Å². The van der Waals surface area contributed by atoms with Crippen molar-refractivity contribution >= 4 is 23.2 Å². The zero-order valence-corrected chi connectivity index (χ0v) is 16.1. The molecule has 1 amide bonds. The van der Waals surface area contributed by atoms with Gasteiger partial charge in [0.2, 0.25) is 5.91 Å². The molecule has 0 spiro atoms. The maximum atomic E-state index is 12.8. The first-order valence-corrected chi connectivity index (χ1v) is 9.18. The molecule has 1 aliphatic rings. The van der Waals surface area contributed by atoms with Crippen LogP contribution in [-0.2, 0) is 11.3 Å². The van der Waals surface area contributed by atoms with Crippen molar-refractivity contribution in [3.8, 4) is 0 Å². The molecule has 0 radical (unpaired) electrons. The largest absolute Gasteiger partial charge is 0.338 e. The van der Waals surface area contributed by atoms with Crippen LogP contribution in [0.15, 0.2) is 30.5 Å². The van der Waals surface area contributed by atoms with Gasteiger partial charge in [-0.2, -0.15) is 5.10 Å². The molecule has 1 aromatic carbocycles. The summed E-state index contributed by atoms with van der Waals surface area (Å²) in [6.45, 7) is 6.91. The first kappa shape index (κ1) is 19.3. The Morgan fingerprint density at radius 2 is 1.89 bits per heavy atom. The quantitative estimate of drug-likeness (QED) is 0.577. The molecule has 2 heterocycles. The van der Waals surface area contributed by atoms with E-state index in [4.69, 9.17) is 11.6 Å². The molecular weight excluding hydrogens is 370 g/mol. The molecule has 1 fully saturated rings. The summed E-state index contributed by atoms with van der Waals surface area (Å²) in [4.78, 5) is 27.3. The Hall–Kier alpha value is -2.45. The van der Waals surface area contributed by atoms with Gasteiger partial charge in [0.15, 0.2) is 0 Å². The van der Waals surface area contributed by atoms with Crippen LogP contribution in [0.1, 0.15) is 24.2 Å². The summed E-state index contributed by atoms with van der Waals surface area (Å²) in [7, 11) is 0. The summed E-state index contributed by atoms with van der Waals surface area (Å²) < 4.78 is 1.38. The van der Waals surface area contributed by atoms with E-state index < -0.39 is 11.0 Å². The highest BCUT2D eigenvalue weighted by atomic mass is 35.5. The van der Waals surface area contributed by atoms with Gasteiger partial charge in [-0.25, -0.2) is 0 Å². The Balaban J connectivity index is 1.57. The lowest BCUT2D eigenvalue weighted by molar-refractivity contribution is -0.385. The molecule has 3 rings (SSSR count). The molecular formula is C18H22ClN5O3. The number of carbonyl (C=O) groups excluding carboxylic acids is 1. The Morgan fingerprint density at radius 3 is 2.44 bits per heavy atom. The number of benzene rings is 1. The van der Waals surface area contributed by atoms with E-state index in [-0.39, 0.29) is 11.6 Å². The zero-order chi connectivity index (χ0) is 19.6. The third-order valence-corrected chi connectivity index (χ3v) is 5.10. The molecule has 9 heteroatoms. The van der Waals surface area contributed by atoms with Crippen LogP contribution in [0.4, 0.5) is 5.69 Å². The summed E-state index contributed by atoms with van der Waals surface area (Å²) in [6, 6.07) is 7.21. The lowest BCUT2D eigenvalue weighted by Crippen LogP contribution is -2.49. The molecule has 0 aliphatic carbocycles. The van der Waals surface area contributed by atoms with Crippen molar-refractivity contribution in [2.75, 3.05) is 26.2 Å². The average Bonchev–Trinajstić information content (AvgIpc) is 3.05. The number of rotatable bonds is 5. The number of carbonyl (C=O) groups is 1. The van der Waals surface area contributed by atoms with Crippen molar-refractivity contribution < 1.29 is 9.72 Å². The number of aromatic nitrogens is 2. The second-order valence-electron chi connectivity index (χ2n) is 6.74. The number of piperazine rings is 1. The van der Waals surface area contributed by atoms with Gasteiger partial charge in [-0.15, -0.1) is 0 Å². The van der Waals surface area contributed by atoms with Gasteiger partial charge in [-0.1, -0.05) is 23.7 Å². The minimum Gasteiger partial charge on any atom is -0.338 e. The number of nitro groups is 1. The van der Waals surface area contributed by atoms with E-state index in [0.717, 1.165) is 24.7 Å². The fraction of sp³-hybridized carbons (Fsp3) is 0.444. The maximum absolute atomic E-state index is 12.8. The second kappa shape index (κ2) is 8.06. The summed E-state index contributed by atoms with van der Waals surface area (Å²) in [5.74, 6) is -0.0708. The highest BCUT2D eigenvalue weighted by molar-refractivity contribution is 6.30. The van der Waals surface area contributed by atoms with Gasteiger partial charge in [0.05, 0.1) is 4.92 Å². The van der Waals surface area contributed by atoms with Crippen molar-refractivity contribution in [2.45, 2.75) is 26.4 Å². The Labute approximate surface area is 162 Å². The fourth-order valence-electron chi connectivity index (χ4n) is 3.20. The molecule has 1 aliphatic heterocycles. The number of nitrogens with zero attached hydrogens (tertiary/aromatic N) is 5. The van der Waals surface area contributed by atoms with Gasteiger partial charge in [0.25, 0.3) is 0 Å². The van der Waals surface area contributed by atoms with Gasteiger partial charge in [0.1, 0.15) is 17.9 Å². The predicted molar refractivity (Wildman–Crippen MR) is 102 cm³/mol. The number of aryl methyl sites for hydroxylation is 1. The standard InChI is InChI=1S/C18H22ClN5O3/c1-13-17(24(26)27)12-23(20-13)14(2)18(25)22-9-7-21(8-10-22)11-15-3-5-16(19)6-4-15/h3-6,12,14H,7-11H2,1-2H3. The molecule has 0 bridgehead atoms. The molecule has 144 valence electrons. The zero-order valence-electron chi connectivity index (χ0n) is 15.3. The Kier molecular flexibility index (Phi) is 5.76. The summed E-state index contributed by atoms with van der Waals surface area (Å²) in [6.07, 6.45) is 1.33. The van der Waals surface area contributed by atoms with Gasteiger partial charge in [-0.05, 0) is 31.5 Å². The van der Waals surface area contributed by atoms with Crippen LogP contribution in [0.5, 0.6) is 0 Å². The third-order valence-electron chi connectivity index (χ3n) is 4.85. The monoisotopic (exact) mass is 391 g/mol. The topological polar surface area (TPSA) is 84.5 Å². The average molecular weight is 392 g/mol. The van der Waals surface area contributed by atoms with E-state index in [2.05, 4.69) is 10.00 Å². The van der Waals surface area contributed by atoms with Crippen molar-refractivity contribution in [2.24, 2.45) is 0 Å². The lowest BCUT2D eigenvalue weighted by Gasteiger charge is -2.36. The van der Waals surface area contributed by atoms with E-state index in [1.165, 1.54) is 16.4 Å². The Morgan fingerprint density at radius 1 is 1.26 bits per heavy atom. The van der Waals surface area contributed by atoms with Crippen LogP contribution >= 0.6 is 11.6 Å². The van der Waals surface area contributed by atoms with Crippen LogP contribution in [-0.4, -0.2) is 56.6 Å². The molecule has 27 heavy (non-hydrogen) atoms. The van der Waals surface area contributed by atoms with E-state index in [1.54, 1.807) is 18.7 Å². The van der Waals surface area contributed by atoms with E-state index >= 15 is 0 Å². The number of hydrogen-bond acceptors (Lipinski definition) is 5. The minimum absolute atomic E-state index is 0.0672. The van der Waals surface area contributed by atoms with Crippen LogP contribution in [0.25, 0.3) is 0 Å². The van der Waals surface area contributed by atoms with Crippen molar-refractivity contribution in [1.82, 2.24) is 19.6 Å². The molecule has 2 aromatic rings. The fourth-order valence-corrected chi connectivity index (χ4v) is 3.33. The van der Waals surface area contributed by atoms with E-state index in [0.29, 0.717) is 18.8 Å². The maximum Gasteiger partial charge on any atom is 0.309 e. The summed E-state index contributed by atoms with van der Waals surface area (Å²) in [5, 5.41) is 15.8. The molecule has 1 saturated heterocycles.